The molecule has 41 heavy (non-hydrogen) atoms. The smallest absolute Gasteiger partial charge is 0.226 e. The first-order chi connectivity index (χ1) is 19.9. The summed E-state index contributed by atoms with van der Waals surface area (Å²) < 4.78 is 20.9. The quantitative estimate of drug-likeness (QED) is 0.270. The molecule has 1 N–H and O–H groups in total. The number of benzene rings is 2. The van der Waals surface area contributed by atoms with Gasteiger partial charge in [-0.3, -0.25) is 4.57 Å². The van der Waals surface area contributed by atoms with Crippen LogP contribution in [-0.2, 0) is 20.8 Å². The molecule has 2 saturated heterocycles. The molecule has 2 unspecified atom stereocenters. The van der Waals surface area contributed by atoms with Gasteiger partial charge < -0.3 is 19.5 Å². The monoisotopic (exact) mass is 572 g/mol. The Hall–Kier alpha value is -3.90. The number of anilines is 1. The highest BCUT2D eigenvalue weighted by atomic mass is 35.5. The van der Waals surface area contributed by atoms with Crippen LogP contribution >= 0.6 is 11.6 Å². The zero-order chi connectivity index (χ0) is 28.0. The van der Waals surface area contributed by atoms with E-state index in [0.717, 1.165) is 0 Å². The Labute approximate surface area is 241 Å². The van der Waals surface area contributed by atoms with Gasteiger partial charge in [0.05, 0.1) is 25.3 Å². The minimum Gasteiger partial charge on any atom is -0.367 e. The number of nitrogens with zero attached hydrogens (tertiary/aromatic N) is 7. The Morgan fingerprint density at radius 3 is 2.27 bits per heavy atom. The van der Waals surface area contributed by atoms with Crippen LogP contribution in [0.4, 0.5) is 5.82 Å². The zero-order valence-corrected chi connectivity index (χ0v) is 23.3. The van der Waals surface area contributed by atoms with Gasteiger partial charge in [-0.2, -0.15) is 25.0 Å². The SMILES string of the molecule is CC1(C)O[C@@H]2C(Cn3nccn3)OC(n3cnc4c(NCC(c5ccccc5)c5ccccc5)nc(Cl)nc43)[C@@H]2O1. The van der Waals surface area contributed by atoms with Crippen LogP contribution in [0.1, 0.15) is 37.1 Å². The molecule has 2 fully saturated rings. The van der Waals surface area contributed by atoms with Gasteiger partial charge in [0.25, 0.3) is 0 Å². The molecular formula is C29H29ClN8O3. The number of imidazole rings is 1. The fraction of sp³-hybridized carbons (Fsp3) is 0.345. The van der Waals surface area contributed by atoms with Gasteiger partial charge in [0.2, 0.25) is 5.28 Å². The highest BCUT2D eigenvalue weighted by Gasteiger charge is 2.56. The summed E-state index contributed by atoms with van der Waals surface area (Å²) in [5.74, 6) is -0.135. The molecule has 0 saturated carbocycles. The molecule has 2 aromatic carbocycles. The topological polar surface area (TPSA) is 114 Å². The zero-order valence-electron chi connectivity index (χ0n) is 22.5. The number of fused-ring (bicyclic) bond motifs is 2. The van der Waals surface area contributed by atoms with Crippen molar-refractivity contribution in [1.29, 1.82) is 0 Å². The summed E-state index contributed by atoms with van der Waals surface area (Å²) in [6.07, 6.45) is 3.35. The molecule has 2 aliphatic heterocycles. The lowest BCUT2D eigenvalue weighted by Gasteiger charge is -2.24. The van der Waals surface area contributed by atoms with E-state index in [1.807, 2.05) is 54.8 Å². The van der Waals surface area contributed by atoms with E-state index < -0.39 is 18.1 Å². The van der Waals surface area contributed by atoms with Gasteiger partial charge in [-0.15, -0.1) is 0 Å². The van der Waals surface area contributed by atoms with Crippen LogP contribution in [0.3, 0.4) is 0 Å². The summed E-state index contributed by atoms with van der Waals surface area (Å²) in [6, 6.07) is 20.8. The van der Waals surface area contributed by atoms with E-state index in [4.69, 9.17) is 25.8 Å². The highest BCUT2D eigenvalue weighted by Crippen LogP contribution is 2.44. The molecule has 0 bridgehead atoms. The average molecular weight is 573 g/mol. The van der Waals surface area contributed by atoms with E-state index in [2.05, 4.69) is 54.7 Å². The molecule has 2 aliphatic rings. The second-order valence-electron chi connectivity index (χ2n) is 10.6. The Balaban J connectivity index is 1.20. The van der Waals surface area contributed by atoms with Crippen LogP contribution in [0.2, 0.25) is 5.28 Å². The first kappa shape index (κ1) is 26.0. The molecule has 5 aromatic rings. The first-order valence-corrected chi connectivity index (χ1v) is 13.9. The molecule has 0 radical (unpaired) electrons. The number of hydrogen-bond donors (Lipinski definition) is 1. The van der Waals surface area contributed by atoms with E-state index in [0.29, 0.717) is 30.1 Å². The predicted molar refractivity (Wildman–Crippen MR) is 151 cm³/mol. The summed E-state index contributed by atoms with van der Waals surface area (Å²) in [4.78, 5) is 15.3. The fourth-order valence-corrected chi connectivity index (χ4v) is 5.89. The number of nitrogens with one attached hydrogen (secondary N) is 1. The first-order valence-electron chi connectivity index (χ1n) is 13.5. The number of ether oxygens (including phenoxy) is 3. The Kier molecular flexibility index (Phi) is 6.66. The summed E-state index contributed by atoms with van der Waals surface area (Å²) in [7, 11) is 0. The molecule has 210 valence electrons. The number of hydrogen-bond acceptors (Lipinski definition) is 9. The molecular weight excluding hydrogens is 544 g/mol. The Morgan fingerprint density at radius 1 is 0.927 bits per heavy atom. The molecule has 11 nitrogen and oxygen atoms in total. The third-order valence-corrected chi connectivity index (χ3v) is 7.65. The summed E-state index contributed by atoms with van der Waals surface area (Å²) in [5, 5.41) is 12.1. The Bertz CT molecular complexity index is 1590. The van der Waals surface area contributed by atoms with Gasteiger partial charge in [0.1, 0.15) is 18.3 Å². The van der Waals surface area contributed by atoms with Crippen molar-refractivity contribution in [2.24, 2.45) is 0 Å². The maximum absolute atomic E-state index is 6.49. The standard InChI is InChI=1S/C29H29ClN8O3/c1-29(2)40-23-21(16-38-33-13-14-34-38)39-27(24(23)41-29)37-17-32-22-25(35-28(30)36-26(22)37)31-15-20(18-9-5-3-6-10-18)19-11-7-4-8-12-19/h3-14,17,20-21,23-24,27H,15-16H2,1-2H3,(H,31,35,36)/t21?,23-,24-,27?/m1/s1. The van der Waals surface area contributed by atoms with Crippen molar-refractivity contribution in [1.82, 2.24) is 34.5 Å². The lowest BCUT2D eigenvalue weighted by Crippen LogP contribution is -2.33. The molecule has 12 heteroatoms. The van der Waals surface area contributed by atoms with Crippen molar-refractivity contribution < 1.29 is 14.2 Å². The van der Waals surface area contributed by atoms with E-state index >= 15 is 0 Å². The second kappa shape index (κ2) is 10.5. The van der Waals surface area contributed by atoms with Crippen LogP contribution in [0, 0.1) is 0 Å². The van der Waals surface area contributed by atoms with E-state index in [9.17, 15) is 0 Å². The van der Waals surface area contributed by atoms with Gasteiger partial charge >= 0.3 is 0 Å². The summed E-state index contributed by atoms with van der Waals surface area (Å²) in [5.41, 5.74) is 3.51. The normalized spacial score (nSPS) is 23.3. The fourth-order valence-electron chi connectivity index (χ4n) is 5.73. The largest absolute Gasteiger partial charge is 0.367 e. The third-order valence-electron chi connectivity index (χ3n) is 7.48. The van der Waals surface area contributed by atoms with Crippen LogP contribution in [0.15, 0.2) is 79.4 Å². The second-order valence-corrected chi connectivity index (χ2v) is 11.0. The van der Waals surface area contributed by atoms with Crippen molar-refractivity contribution in [3.63, 3.8) is 0 Å². The van der Waals surface area contributed by atoms with Gasteiger partial charge in [0, 0.05) is 12.5 Å². The van der Waals surface area contributed by atoms with Gasteiger partial charge in [-0.25, -0.2) is 4.98 Å². The van der Waals surface area contributed by atoms with Crippen molar-refractivity contribution in [3.8, 4) is 0 Å². The minimum atomic E-state index is -0.771. The van der Waals surface area contributed by atoms with Gasteiger partial charge in [-0.1, -0.05) is 60.7 Å². The minimum absolute atomic E-state index is 0.0881. The van der Waals surface area contributed by atoms with Crippen LogP contribution < -0.4 is 5.32 Å². The molecule has 0 spiro atoms. The van der Waals surface area contributed by atoms with Crippen LogP contribution in [-0.4, -0.2) is 65.2 Å². The number of rotatable bonds is 8. The van der Waals surface area contributed by atoms with Crippen LogP contribution in [0.25, 0.3) is 11.2 Å². The predicted octanol–water partition coefficient (Wildman–Crippen LogP) is 4.43. The summed E-state index contributed by atoms with van der Waals surface area (Å²) in [6.45, 7) is 4.79. The van der Waals surface area contributed by atoms with E-state index in [1.165, 1.54) is 11.1 Å². The maximum atomic E-state index is 6.49. The number of aromatic nitrogens is 7. The molecule has 5 heterocycles. The average Bonchev–Trinajstić information content (AvgIpc) is 3.75. The van der Waals surface area contributed by atoms with Crippen molar-refractivity contribution in [3.05, 3.63) is 95.8 Å². The molecule has 0 amide bonds. The highest BCUT2D eigenvalue weighted by molar-refractivity contribution is 6.28. The summed E-state index contributed by atoms with van der Waals surface area (Å²) >= 11 is 6.47. The van der Waals surface area contributed by atoms with Crippen LogP contribution in [0.5, 0.6) is 0 Å². The third kappa shape index (κ3) is 5.06. The van der Waals surface area contributed by atoms with Gasteiger partial charge in [-0.05, 0) is 36.6 Å². The van der Waals surface area contributed by atoms with E-state index in [1.54, 1.807) is 23.5 Å². The Morgan fingerprint density at radius 2 is 1.59 bits per heavy atom. The number of halogens is 1. The maximum Gasteiger partial charge on any atom is 0.226 e. The van der Waals surface area contributed by atoms with Crippen molar-refractivity contribution in [2.75, 3.05) is 11.9 Å². The molecule has 4 atom stereocenters. The molecule has 0 aliphatic carbocycles. The van der Waals surface area contributed by atoms with Crippen molar-refractivity contribution >= 4 is 28.6 Å². The van der Waals surface area contributed by atoms with Gasteiger partial charge in [0.15, 0.2) is 29.0 Å². The van der Waals surface area contributed by atoms with Crippen molar-refractivity contribution in [2.45, 2.75) is 56.6 Å². The molecule has 7 rings (SSSR count). The molecule has 3 aromatic heterocycles. The van der Waals surface area contributed by atoms with E-state index in [-0.39, 0.29) is 23.4 Å². The lowest BCUT2D eigenvalue weighted by molar-refractivity contribution is -0.198. The lowest BCUT2D eigenvalue weighted by atomic mass is 9.91.